The number of rotatable bonds is 6. The number of aliphatic hydroxyl groups is 1. The molecule has 0 aliphatic heterocycles. The van der Waals surface area contributed by atoms with Gasteiger partial charge in [0.1, 0.15) is 0 Å². The molecule has 8 heteroatoms. The molecule has 2 aromatic rings. The predicted molar refractivity (Wildman–Crippen MR) is 76.0 cm³/mol. The molecule has 2 N–H and O–H groups in total. The van der Waals surface area contributed by atoms with E-state index in [0.29, 0.717) is 17.8 Å². The predicted octanol–water partition coefficient (Wildman–Crippen LogP) is 1.53. The second-order valence-corrected chi connectivity index (χ2v) is 7.67. The molecule has 0 unspecified atom stereocenters. The summed E-state index contributed by atoms with van der Waals surface area (Å²) < 4.78 is 26.6. The molecular weight excluding hydrogens is 304 g/mol. The first-order chi connectivity index (χ1) is 9.03. The zero-order valence-corrected chi connectivity index (χ0v) is 12.7. The van der Waals surface area contributed by atoms with E-state index in [4.69, 9.17) is 5.11 Å². The van der Waals surface area contributed by atoms with Crippen LogP contribution in [-0.4, -0.2) is 25.1 Å². The molecule has 0 aliphatic rings. The van der Waals surface area contributed by atoms with Crippen molar-refractivity contribution in [1.82, 2.24) is 9.71 Å². The van der Waals surface area contributed by atoms with Crippen LogP contribution < -0.4 is 4.72 Å². The van der Waals surface area contributed by atoms with Gasteiger partial charge in [-0.3, -0.25) is 0 Å². The summed E-state index contributed by atoms with van der Waals surface area (Å²) in [7, 11) is -3.55. The fourth-order valence-electron chi connectivity index (χ4n) is 1.60. The van der Waals surface area contributed by atoms with E-state index >= 15 is 0 Å². The van der Waals surface area contributed by atoms with E-state index in [-0.39, 0.29) is 11.5 Å². The van der Waals surface area contributed by atoms with Crippen molar-refractivity contribution in [3.05, 3.63) is 32.4 Å². The summed E-state index contributed by atoms with van der Waals surface area (Å²) in [6.45, 7) is 1.95. The van der Waals surface area contributed by atoms with Gasteiger partial charge in [0.2, 0.25) is 10.0 Å². The molecule has 0 saturated carbocycles. The Morgan fingerprint density at radius 3 is 2.84 bits per heavy atom. The molecule has 0 spiro atoms. The Morgan fingerprint density at radius 1 is 1.42 bits per heavy atom. The Labute approximate surface area is 120 Å². The van der Waals surface area contributed by atoms with Crippen molar-refractivity contribution in [1.29, 1.82) is 0 Å². The molecule has 2 rings (SSSR count). The van der Waals surface area contributed by atoms with E-state index in [9.17, 15) is 8.42 Å². The Hall–Kier alpha value is -0.800. The minimum absolute atomic E-state index is 0.162. The van der Waals surface area contributed by atoms with Gasteiger partial charge in [-0.25, -0.2) is 18.1 Å². The number of thiophene rings is 1. The van der Waals surface area contributed by atoms with Crippen LogP contribution in [0.2, 0.25) is 0 Å². The monoisotopic (exact) mass is 318 g/mol. The smallest absolute Gasteiger partial charge is 0.241 e. The number of sulfonamides is 1. The Balaban J connectivity index is 1.98. The fourth-order valence-corrected chi connectivity index (χ4v) is 4.57. The molecule has 0 radical (unpaired) electrons. The number of hydrogen-bond donors (Lipinski definition) is 2. The summed E-state index contributed by atoms with van der Waals surface area (Å²) >= 11 is 2.78. The van der Waals surface area contributed by atoms with Crippen LogP contribution in [0.15, 0.2) is 21.7 Å². The van der Waals surface area contributed by atoms with Gasteiger partial charge in [-0.15, -0.1) is 22.7 Å². The summed E-state index contributed by atoms with van der Waals surface area (Å²) in [5.41, 5.74) is 0.887. The summed E-state index contributed by atoms with van der Waals surface area (Å²) in [5, 5.41) is 13.6. The van der Waals surface area contributed by atoms with Crippen molar-refractivity contribution in [2.45, 2.75) is 24.8 Å². The molecule has 0 atom stereocenters. The van der Waals surface area contributed by atoms with Gasteiger partial charge < -0.3 is 5.11 Å². The first kappa shape index (κ1) is 14.6. The molecular formula is C11H14N2O3S3. The Kier molecular flexibility index (Phi) is 4.69. The van der Waals surface area contributed by atoms with Crippen LogP contribution in [0, 0.1) is 6.92 Å². The first-order valence-electron chi connectivity index (χ1n) is 5.61. The summed E-state index contributed by atoms with van der Waals surface area (Å²) in [5.74, 6) is 0. The van der Waals surface area contributed by atoms with Crippen LogP contribution >= 0.6 is 22.7 Å². The lowest BCUT2D eigenvalue weighted by atomic mass is 10.3. The molecule has 0 fully saturated rings. The maximum atomic E-state index is 12.0. The third-order valence-corrected chi connectivity index (χ3v) is 5.88. The van der Waals surface area contributed by atoms with Gasteiger partial charge in [-0.2, -0.15) is 0 Å². The SMILES string of the molecule is Cc1nc(CCNS(=O)(=O)c2ccsc2CO)cs1. The Morgan fingerprint density at radius 2 is 2.21 bits per heavy atom. The highest BCUT2D eigenvalue weighted by Crippen LogP contribution is 2.21. The van der Waals surface area contributed by atoms with E-state index in [0.717, 1.165) is 10.7 Å². The van der Waals surface area contributed by atoms with Crippen LogP contribution in [0.5, 0.6) is 0 Å². The van der Waals surface area contributed by atoms with E-state index < -0.39 is 10.0 Å². The molecule has 0 saturated heterocycles. The van der Waals surface area contributed by atoms with Crippen molar-refractivity contribution in [3.63, 3.8) is 0 Å². The van der Waals surface area contributed by atoms with Crippen LogP contribution in [0.25, 0.3) is 0 Å². The molecule has 19 heavy (non-hydrogen) atoms. The lowest BCUT2D eigenvalue weighted by molar-refractivity contribution is 0.282. The summed E-state index contributed by atoms with van der Waals surface area (Å²) in [6.07, 6.45) is 0.558. The van der Waals surface area contributed by atoms with Crippen molar-refractivity contribution >= 4 is 32.7 Å². The quantitative estimate of drug-likeness (QED) is 0.846. The zero-order chi connectivity index (χ0) is 13.9. The van der Waals surface area contributed by atoms with Gasteiger partial charge in [0.25, 0.3) is 0 Å². The van der Waals surface area contributed by atoms with Crippen LogP contribution in [-0.2, 0) is 23.1 Å². The molecule has 5 nitrogen and oxygen atoms in total. The number of aromatic nitrogens is 1. The van der Waals surface area contributed by atoms with Crippen molar-refractivity contribution < 1.29 is 13.5 Å². The molecule has 2 heterocycles. The second-order valence-electron chi connectivity index (χ2n) is 3.87. The number of aryl methyl sites for hydroxylation is 1. The molecule has 0 bridgehead atoms. The lowest BCUT2D eigenvalue weighted by Gasteiger charge is -2.05. The van der Waals surface area contributed by atoms with E-state index in [1.165, 1.54) is 17.4 Å². The number of aliphatic hydroxyl groups excluding tert-OH is 1. The minimum Gasteiger partial charge on any atom is -0.391 e. The van der Waals surface area contributed by atoms with Gasteiger partial charge in [0.05, 0.1) is 22.2 Å². The second kappa shape index (κ2) is 6.10. The van der Waals surface area contributed by atoms with E-state index in [2.05, 4.69) is 9.71 Å². The molecule has 104 valence electrons. The van der Waals surface area contributed by atoms with Crippen molar-refractivity contribution in [2.24, 2.45) is 0 Å². The normalized spacial score (nSPS) is 11.9. The van der Waals surface area contributed by atoms with Crippen LogP contribution in [0.3, 0.4) is 0 Å². The lowest BCUT2D eigenvalue weighted by Crippen LogP contribution is -2.26. The van der Waals surface area contributed by atoms with Gasteiger partial charge in [0.15, 0.2) is 0 Å². The molecule has 0 aromatic carbocycles. The first-order valence-corrected chi connectivity index (χ1v) is 8.85. The Bertz CT molecular complexity index is 646. The van der Waals surface area contributed by atoms with Gasteiger partial charge in [0, 0.05) is 23.2 Å². The maximum Gasteiger partial charge on any atom is 0.241 e. The number of nitrogens with zero attached hydrogens (tertiary/aromatic N) is 1. The van der Waals surface area contributed by atoms with Crippen molar-refractivity contribution in [2.75, 3.05) is 6.54 Å². The third kappa shape index (κ3) is 3.61. The fraction of sp³-hybridized carbons (Fsp3) is 0.364. The molecule has 0 aliphatic carbocycles. The topological polar surface area (TPSA) is 79.3 Å². The molecule has 0 amide bonds. The van der Waals surface area contributed by atoms with E-state index in [1.54, 1.807) is 16.7 Å². The number of nitrogens with one attached hydrogen (secondary N) is 1. The highest BCUT2D eigenvalue weighted by Gasteiger charge is 2.18. The highest BCUT2D eigenvalue weighted by molar-refractivity contribution is 7.89. The highest BCUT2D eigenvalue weighted by atomic mass is 32.2. The van der Waals surface area contributed by atoms with E-state index in [1.807, 2.05) is 12.3 Å². The summed E-state index contributed by atoms with van der Waals surface area (Å²) in [6, 6.07) is 1.51. The molecule has 2 aromatic heterocycles. The van der Waals surface area contributed by atoms with Crippen LogP contribution in [0.4, 0.5) is 0 Å². The van der Waals surface area contributed by atoms with Gasteiger partial charge >= 0.3 is 0 Å². The number of hydrogen-bond acceptors (Lipinski definition) is 6. The average Bonchev–Trinajstić information content (AvgIpc) is 2.97. The van der Waals surface area contributed by atoms with Gasteiger partial charge in [-0.05, 0) is 18.4 Å². The minimum atomic E-state index is -3.55. The maximum absolute atomic E-state index is 12.0. The van der Waals surface area contributed by atoms with Crippen LogP contribution in [0.1, 0.15) is 15.6 Å². The van der Waals surface area contributed by atoms with Gasteiger partial charge in [-0.1, -0.05) is 0 Å². The third-order valence-electron chi connectivity index (χ3n) is 2.48. The van der Waals surface area contributed by atoms with Crippen molar-refractivity contribution in [3.8, 4) is 0 Å². The zero-order valence-electron chi connectivity index (χ0n) is 10.3. The average molecular weight is 318 g/mol. The number of thiazole rings is 1. The largest absolute Gasteiger partial charge is 0.391 e. The summed E-state index contributed by atoms with van der Waals surface area (Å²) in [4.78, 5) is 4.89. The standard InChI is InChI=1S/C11H14N2O3S3/c1-8-13-9(7-18-8)2-4-12-19(15,16)11-3-5-17-10(11)6-14/h3,5,7,12,14H,2,4,6H2,1H3.